The molecule has 0 radical (unpaired) electrons. The van der Waals surface area contributed by atoms with Crippen LogP contribution in [0.15, 0.2) is 47.4 Å². The Bertz CT molecular complexity index is 1110. The highest BCUT2D eigenvalue weighted by Crippen LogP contribution is 2.32. The minimum absolute atomic E-state index is 0.0606. The zero-order valence-corrected chi connectivity index (χ0v) is 19.4. The molecule has 2 aromatic rings. The molecule has 0 spiro atoms. The number of methoxy groups -OCH3 is 1. The summed E-state index contributed by atoms with van der Waals surface area (Å²) in [4.78, 5) is 16.1. The number of alkyl halides is 3. The smallest absolute Gasteiger partial charge is 0.416 e. The van der Waals surface area contributed by atoms with Crippen LogP contribution in [-0.4, -0.2) is 70.4 Å². The molecule has 180 valence electrons. The van der Waals surface area contributed by atoms with Crippen molar-refractivity contribution in [1.82, 2.24) is 9.21 Å². The summed E-state index contributed by atoms with van der Waals surface area (Å²) in [5.74, 6) is 0.196. The molecule has 7 nitrogen and oxygen atoms in total. The van der Waals surface area contributed by atoms with Crippen LogP contribution in [0.5, 0.6) is 5.75 Å². The lowest BCUT2D eigenvalue weighted by atomic mass is 10.1. The second-order valence-corrected chi connectivity index (χ2v) is 9.85. The number of anilines is 1. The molecule has 0 saturated carbocycles. The zero-order chi connectivity index (χ0) is 24.4. The van der Waals surface area contributed by atoms with Crippen molar-refractivity contribution in [2.45, 2.75) is 18.0 Å². The van der Waals surface area contributed by atoms with Gasteiger partial charge in [0.1, 0.15) is 5.75 Å². The number of hydrogen-bond donors (Lipinski definition) is 0. The van der Waals surface area contributed by atoms with E-state index >= 15 is 0 Å². The van der Waals surface area contributed by atoms with Gasteiger partial charge in [-0.3, -0.25) is 4.79 Å². The third kappa shape index (κ3) is 5.59. The number of halogens is 3. The van der Waals surface area contributed by atoms with Crippen molar-refractivity contribution >= 4 is 21.6 Å². The highest BCUT2D eigenvalue weighted by atomic mass is 32.2. The first-order valence-corrected chi connectivity index (χ1v) is 11.7. The topological polar surface area (TPSA) is 70.2 Å². The van der Waals surface area contributed by atoms with Crippen LogP contribution >= 0.6 is 0 Å². The van der Waals surface area contributed by atoms with Crippen molar-refractivity contribution in [1.29, 1.82) is 0 Å². The molecular weight excluding hydrogens is 459 g/mol. The summed E-state index contributed by atoms with van der Waals surface area (Å²) < 4.78 is 70.8. The van der Waals surface area contributed by atoms with Crippen molar-refractivity contribution in [2.75, 3.05) is 51.8 Å². The first-order chi connectivity index (χ1) is 15.4. The SMILES string of the molecule is COc1ccc(S(=O)(=O)N(C)CC(=O)N2CCN(c3cccc(C(F)(F)F)c3)CC2)cc1C. The molecule has 1 heterocycles. The normalized spacial score (nSPS) is 15.1. The first kappa shape index (κ1) is 24.8. The molecule has 1 amide bonds. The van der Waals surface area contributed by atoms with Crippen LogP contribution in [-0.2, 0) is 21.0 Å². The lowest BCUT2D eigenvalue weighted by molar-refractivity contribution is -0.137. The molecule has 3 rings (SSSR count). The molecule has 1 aliphatic heterocycles. The fourth-order valence-electron chi connectivity index (χ4n) is 3.66. The molecule has 2 aromatic carbocycles. The van der Waals surface area contributed by atoms with E-state index in [-0.39, 0.29) is 30.4 Å². The molecule has 0 N–H and O–H groups in total. The number of benzene rings is 2. The average Bonchev–Trinajstić information content (AvgIpc) is 2.78. The van der Waals surface area contributed by atoms with Gasteiger partial charge >= 0.3 is 6.18 Å². The Balaban J connectivity index is 1.61. The van der Waals surface area contributed by atoms with E-state index in [0.29, 0.717) is 30.1 Å². The van der Waals surface area contributed by atoms with Crippen molar-refractivity contribution in [3.8, 4) is 5.75 Å². The summed E-state index contributed by atoms with van der Waals surface area (Å²) in [6, 6.07) is 9.54. The Labute approximate surface area is 191 Å². The summed E-state index contributed by atoms with van der Waals surface area (Å²) in [6.45, 7) is 2.65. The van der Waals surface area contributed by atoms with Crippen LogP contribution in [0.1, 0.15) is 11.1 Å². The first-order valence-electron chi connectivity index (χ1n) is 10.2. The molecule has 1 fully saturated rings. The summed E-state index contributed by atoms with van der Waals surface area (Å²) in [5, 5.41) is 0. The van der Waals surface area contributed by atoms with E-state index < -0.39 is 21.8 Å². The maximum absolute atomic E-state index is 13.0. The van der Waals surface area contributed by atoms with Gasteiger partial charge in [-0.1, -0.05) is 6.07 Å². The molecule has 1 aliphatic rings. The van der Waals surface area contributed by atoms with Gasteiger partial charge in [0.25, 0.3) is 0 Å². The number of ether oxygens (including phenoxy) is 1. The third-order valence-corrected chi connectivity index (χ3v) is 7.40. The molecule has 0 bridgehead atoms. The summed E-state index contributed by atoms with van der Waals surface area (Å²) in [5.41, 5.74) is 0.370. The number of rotatable bonds is 6. The fraction of sp³-hybridized carbons (Fsp3) is 0.409. The van der Waals surface area contributed by atoms with Gasteiger partial charge in [-0.25, -0.2) is 8.42 Å². The number of likely N-dealkylation sites (N-methyl/N-ethyl adjacent to an activating group) is 1. The summed E-state index contributed by atoms with van der Waals surface area (Å²) >= 11 is 0. The van der Waals surface area contributed by atoms with Gasteiger partial charge in [0, 0.05) is 38.9 Å². The van der Waals surface area contributed by atoms with E-state index in [1.165, 1.54) is 37.3 Å². The second-order valence-electron chi connectivity index (χ2n) is 7.81. The van der Waals surface area contributed by atoms with E-state index in [9.17, 15) is 26.4 Å². The quantitative estimate of drug-likeness (QED) is 0.629. The fourth-order valence-corrected chi connectivity index (χ4v) is 4.87. The summed E-state index contributed by atoms with van der Waals surface area (Å²) in [7, 11) is -1.05. The van der Waals surface area contributed by atoms with Crippen molar-refractivity contribution < 1.29 is 31.1 Å². The Morgan fingerprint density at radius 3 is 2.33 bits per heavy atom. The number of sulfonamides is 1. The minimum Gasteiger partial charge on any atom is -0.496 e. The zero-order valence-electron chi connectivity index (χ0n) is 18.6. The standard InChI is InChI=1S/C22H26F3N3O4S/c1-16-13-19(7-8-20(16)32-3)33(30,31)26(2)15-21(29)28-11-9-27(10-12-28)18-6-4-5-17(14-18)22(23,24)25/h4-8,13-14H,9-12,15H2,1-3H3. The van der Waals surface area contributed by atoms with Gasteiger partial charge in [-0.2, -0.15) is 17.5 Å². The molecule has 0 aliphatic carbocycles. The van der Waals surface area contributed by atoms with E-state index in [1.54, 1.807) is 24.0 Å². The maximum Gasteiger partial charge on any atom is 0.416 e. The van der Waals surface area contributed by atoms with Crippen LogP contribution in [0, 0.1) is 6.92 Å². The predicted octanol–water partition coefficient (Wildman–Crippen LogP) is 2.99. The second kappa shape index (κ2) is 9.60. The highest BCUT2D eigenvalue weighted by molar-refractivity contribution is 7.89. The van der Waals surface area contributed by atoms with Crippen LogP contribution < -0.4 is 9.64 Å². The monoisotopic (exact) mass is 485 g/mol. The minimum atomic E-state index is -4.42. The molecular formula is C22H26F3N3O4S. The average molecular weight is 486 g/mol. The van der Waals surface area contributed by atoms with Crippen LogP contribution in [0.2, 0.25) is 0 Å². The lowest BCUT2D eigenvalue weighted by Crippen LogP contribution is -2.51. The Hall–Kier alpha value is -2.79. The molecule has 0 atom stereocenters. The number of carbonyl (C=O) groups excluding carboxylic acids is 1. The van der Waals surface area contributed by atoms with Crippen molar-refractivity contribution in [3.05, 3.63) is 53.6 Å². The maximum atomic E-state index is 13.0. The molecule has 0 aromatic heterocycles. The molecule has 0 unspecified atom stereocenters. The van der Waals surface area contributed by atoms with E-state index in [0.717, 1.165) is 16.4 Å². The molecule has 11 heteroatoms. The van der Waals surface area contributed by atoms with E-state index in [1.807, 2.05) is 0 Å². The number of amides is 1. The predicted molar refractivity (Wildman–Crippen MR) is 118 cm³/mol. The van der Waals surface area contributed by atoms with Gasteiger partial charge in [-0.05, 0) is 48.9 Å². The van der Waals surface area contributed by atoms with Gasteiger partial charge in [0.05, 0.1) is 24.1 Å². The van der Waals surface area contributed by atoms with Crippen LogP contribution in [0.25, 0.3) is 0 Å². The number of aryl methyl sites for hydroxylation is 1. The van der Waals surface area contributed by atoms with E-state index in [4.69, 9.17) is 4.74 Å². The Kier molecular flexibility index (Phi) is 7.23. The number of piperazine rings is 1. The largest absolute Gasteiger partial charge is 0.496 e. The summed E-state index contributed by atoms with van der Waals surface area (Å²) in [6.07, 6.45) is -4.42. The highest BCUT2D eigenvalue weighted by Gasteiger charge is 2.32. The molecule has 1 saturated heterocycles. The van der Waals surface area contributed by atoms with Crippen LogP contribution in [0.3, 0.4) is 0 Å². The van der Waals surface area contributed by atoms with Crippen molar-refractivity contribution in [2.24, 2.45) is 0 Å². The van der Waals surface area contributed by atoms with Crippen LogP contribution in [0.4, 0.5) is 18.9 Å². The van der Waals surface area contributed by atoms with E-state index in [2.05, 4.69) is 0 Å². The number of nitrogens with zero attached hydrogens (tertiary/aromatic N) is 3. The Morgan fingerprint density at radius 1 is 1.09 bits per heavy atom. The third-order valence-electron chi connectivity index (χ3n) is 5.60. The van der Waals surface area contributed by atoms with Gasteiger partial charge in [-0.15, -0.1) is 0 Å². The number of carbonyl (C=O) groups is 1. The van der Waals surface area contributed by atoms with Gasteiger partial charge < -0.3 is 14.5 Å². The Morgan fingerprint density at radius 2 is 1.76 bits per heavy atom. The lowest BCUT2D eigenvalue weighted by Gasteiger charge is -2.36. The van der Waals surface area contributed by atoms with Gasteiger partial charge in [0.15, 0.2) is 0 Å². The number of hydrogen-bond acceptors (Lipinski definition) is 5. The van der Waals surface area contributed by atoms with Gasteiger partial charge in [0.2, 0.25) is 15.9 Å². The molecule has 33 heavy (non-hydrogen) atoms. The van der Waals surface area contributed by atoms with Crippen molar-refractivity contribution in [3.63, 3.8) is 0 Å².